The van der Waals surface area contributed by atoms with Gasteiger partial charge in [0.05, 0.1) is 12.2 Å². The minimum absolute atomic E-state index is 0.0885. The summed E-state index contributed by atoms with van der Waals surface area (Å²) in [6.45, 7) is 5.01. The number of fused-ring (bicyclic) bond motifs is 1. The van der Waals surface area contributed by atoms with Gasteiger partial charge in [-0.1, -0.05) is 23.4 Å². The van der Waals surface area contributed by atoms with Gasteiger partial charge in [0.1, 0.15) is 5.76 Å². The summed E-state index contributed by atoms with van der Waals surface area (Å²) in [7, 11) is 0. The van der Waals surface area contributed by atoms with Gasteiger partial charge in [-0.15, -0.1) is 0 Å². The molecule has 1 aliphatic heterocycles. The predicted octanol–water partition coefficient (Wildman–Crippen LogP) is 2.45. The molecular formula is C14H14N2O2. The Morgan fingerprint density at radius 2 is 2.11 bits per heavy atom. The lowest BCUT2D eigenvalue weighted by Gasteiger charge is -2.15. The van der Waals surface area contributed by atoms with Crippen LogP contribution >= 0.6 is 0 Å². The largest absolute Gasteiger partial charge is 0.361 e. The van der Waals surface area contributed by atoms with Gasteiger partial charge >= 0.3 is 0 Å². The molecule has 1 aromatic carbocycles. The Morgan fingerprint density at radius 3 is 2.78 bits per heavy atom. The Kier molecular flexibility index (Phi) is 2.44. The lowest BCUT2D eigenvalue weighted by Crippen LogP contribution is -2.23. The number of nitrogens with zero attached hydrogens (tertiary/aromatic N) is 2. The molecule has 92 valence electrons. The second kappa shape index (κ2) is 3.98. The summed E-state index contributed by atoms with van der Waals surface area (Å²) in [6.07, 6.45) is 0. The Morgan fingerprint density at radius 1 is 1.33 bits per heavy atom. The van der Waals surface area contributed by atoms with E-state index in [0.29, 0.717) is 13.1 Å². The number of aryl methyl sites for hydroxylation is 2. The molecule has 1 amide bonds. The highest BCUT2D eigenvalue weighted by molar-refractivity contribution is 5.98. The minimum Gasteiger partial charge on any atom is -0.361 e. The van der Waals surface area contributed by atoms with Gasteiger partial charge in [-0.2, -0.15) is 0 Å². The molecule has 0 saturated heterocycles. The second-order valence-electron chi connectivity index (χ2n) is 4.62. The molecular weight excluding hydrogens is 228 g/mol. The molecule has 3 rings (SSSR count). The maximum atomic E-state index is 12.2. The third-order valence-electron chi connectivity index (χ3n) is 3.43. The summed E-state index contributed by atoms with van der Waals surface area (Å²) in [5.74, 6) is 0.877. The maximum absolute atomic E-state index is 12.2. The molecule has 18 heavy (non-hydrogen) atoms. The third kappa shape index (κ3) is 1.61. The van der Waals surface area contributed by atoms with E-state index in [9.17, 15) is 4.79 Å². The van der Waals surface area contributed by atoms with Crippen LogP contribution in [0.1, 0.15) is 32.9 Å². The van der Waals surface area contributed by atoms with Crippen LogP contribution in [0.2, 0.25) is 0 Å². The van der Waals surface area contributed by atoms with Gasteiger partial charge in [-0.3, -0.25) is 4.79 Å². The van der Waals surface area contributed by atoms with Gasteiger partial charge in [-0.05, 0) is 25.5 Å². The number of aromatic nitrogens is 1. The predicted molar refractivity (Wildman–Crippen MR) is 66.0 cm³/mol. The van der Waals surface area contributed by atoms with Crippen molar-refractivity contribution in [3.63, 3.8) is 0 Å². The smallest absolute Gasteiger partial charge is 0.254 e. The van der Waals surface area contributed by atoms with Crippen molar-refractivity contribution < 1.29 is 9.32 Å². The first-order valence-electron chi connectivity index (χ1n) is 5.95. The molecule has 1 aromatic heterocycles. The molecule has 0 spiro atoms. The van der Waals surface area contributed by atoms with Gasteiger partial charge in [-0.25, -0.2) is 0 Å². The highest BCUT2D eigenvalue weighted by atomic mass is 16.5. The Labute approximate surface area is 105 Å². The molecule has 4 nitrogen and oxygen atoms in total. The average molecular weight is 242 g/mol. The average Bonchev–Trinajstić information content (AvgIpc) is 2.85. The van der Waals surface area contributed by atoms with Crippen molar-refractivity contribution in [2.75, 3.05) is 0 Å². The molecule has 0 saturated carbocycles. The van der Waals surface area contributed by atoms with Crippen molar-refractivity contribution in [1.29, 1.82) is 0 Å². The van der Waals surface area contributed by atoms with Gasteiger partial charge < -0.3 is 9.42 Å². The Hall–Kier alpha value is -2.10. The van der Waals surface area contributed by atoms with E-state index >= 15 is 0 Å². The van der Waals surface area contributed by atoms with Crippen molar-refractivity contribution in [1.82, 2.24) is 10.1 Å². The van der Waals surface area contributed by atoms with E-state index in [0.717, 1.165) is 28.1 Å². The molecule has 0 N–H and O–H groups in total. The summed E-state index contributed by atoms with van der Waals surface area (Å²) >= 11 is 0. The van der Waals surface area contributed by atoms with Gasteiger partial charge in [0.15, 0.2) is 0 Å². The fraction of sp³-hybridized carbons (Fsp3) is 0.286. The van der Waals surface area contributed by atoms with E-state index in [4.69, 9.17) is 4.52 Å². The van der Waals surface area contributed by atoms with Crippen LogP contribution in [0.25, 0.3) is 0 Å². The van der Waals surface area contributed by atoms with Gasteiger partial charge in [0, 0.05) is 17.7 Å². The summed E-state index contributed by atoms with van der Waals surface area (Å²) in [4.78, 5) is 14.1. The van der Waals surface area contributed by atoms with E-state index in [-0.39, 0.29) is 5.91 Å². The van der Waals surface area contributed by atoms with Crippen molar-refractivity contribution in [3.8, 4) is 0 Å². The zero-order chi connectivity index (χ0) is 12.7. The zero-order valence-corrected chi connectivity index (χ0v) is 10.4. The lowest BCUT2D eigenvalue weighted by atomic mass is 10.1. The highest BCUT2D eigenvalue weighted by Crippen LogP contribution is 2.25. The Balaban J connectivity index is 1.88. The fourth-order valence-electron chi connectivity index (χ4n) is 2.36. The summed E-state index contributed by atoms with van der Waals surface area (Å²) in [5, 5.41) is 3.92. The van der Waals surface area contributed by atoms with Crippen LogP contribution < -0.4 is 0 Å². The van der Waals surface area contributed by atoms with E-state index < -0.39 is 0 Å². The highest BCUT2D eigenvalue weighted by Gasteiger charge is 2.28. The molecule has 0 fully saturated rings. The molecule has 0 unspecified atom stereocenters. The van der Waals surface area contributed by atoms with E-state index in [1.54, 1.807) is 0 Å². The van der Waals surface area contributed by atoms with Crippen LogP contribution in [-0.4, -0.2) is 16.0 Å². The summed E-state index contributed by atoms with van der Waals surface area (Å²) < 4.78 is 5.13. The number of carbonyl (C=O) groups is 1. The van der Waals surface area contributed by atoms with Crippen LogP contribution in [0, 0.1) is 13.8 Å². The first-order chi connectivity index (χ1) is 8.66. The number of rotatable bonds is 2. The zero-order valence-electron chi connectivity index (χ0n) is 10.4. The second-order valence-corrected chi connectivity index (χ2v) is 4.62. The number of amides is 1. The first kappa shape index (κ1) is 11.0. The summed E-state index contributed by atoms with van der Waals surface area (Å²) in [6, 6.07) is 7.74. The van der Waals surface area contributed by atoms with Crippen molar-refractivity contribution in [2.24, 2.45) is 0 Å². The molecule has 1 aliphatic rings. The fourth-order valence-corrected chi connectivity index (χ4v) is 2.36. The lowest BCUT2D eigenvalue weighted by molar-refractivity contribution is 0.0766. The molecule has 4 heteroatoms. The van der Waals surface area contributed by atoms with E-state index in [2.05, 4.69) is 5.16 Å². The quantitative estimate of drug-likeness (QED) is 0.812. The monoisotopic (exact) mass is 242 g/mol. The van der Waals surface area contributed by atoms with E-state index in [1.165, 1.54) is 0 Å². The molecule has 0 aliphatic carbocycles. The number of carbonyl (C=O) groups excluding carboxylic acids is 1. The van der Waals surface area contributed by atoms with Crippen molar-refractivity contribution in [2.45, 2.75) is 26.9 Å². The standard InChI is InChI=1S/C14H14N2O2/c1-9-13(10(2)18-15-9)8-16-7-11-5-3-4-6-12(11)14(16)17/h3-6H,7-8H2,1-2H3. The minimum atomic E-state index is 0.0885. The van der Waals surface area contributed by atoms with Gasteiger partial charge in [0.2, 0.25) is 0 Å². The van der Waals surface area contributed by atoms with Crippen LogP contribution in [0.15, 0.2) is 28.8 Å². The molecule has 2 heterocycles. The van der Waals surface area contributed by atoms with Crippen molar-refractivity contribution >= 4 is 5.91 Å². The first-order valence-corrected chi connectivity index (χ1v) is 5.95. The number of hydrogen-bond acceptors (Lipinski definition) is 3. The van der Waals surface area contributed by atoms with Crippen LogP contribution in [0.4, 0.5) is 0 Å². The topological polar surface area (TPSA) is 46.3 Å². The normalized spacial score (nSPS) is 14.1. The number of benzene rings is 1. The third-order valence-corrected chi connectivity index (χ3v) is 3.43. The SMILES string of the molecule is Cc1noc(C)c1CN1Cc2ccccc2C1=O. The van der Waals surface area contributed by atoms with Crippen LogP contribution in [-0.2, 0) is 13.1 Å². The van der Waals surface area contributed by atoms with Crippen LogP contribution in [0.3, 0.4) is 0 Å². The molecule has 0 bridgehead atoms. The Bertz CT molecular complexity index is 597. The summed E-state index contributed by atoms with van der Waals surface area (Å²) in [5.41, 5.74) is 3.77. The van der Waals surface area contributed by atoms with Gasteiger partial charge in [0.25, 0.3) is 5.91 Å². The molecule has 0 radical (unpaired) electrons. The van der Waals surface area contributed by atoms with E-state index in [1.807, 2.05) is 43.0 Å². The molecule has 0 atom stereocenters. The number of hydrogen-bond donors (Lipinski definition) is 0. The molecule has 2 aromatic rings. The maximum Gasteiger partial charge on any atom is 0.254 e. The van der Waals surface area contributed by atoms with Crippen LogP contribution in [0.5, 0.6) is 0 Å². The van der Waals surface area contributed by atoms with Crippen molar-refractivity contribution in [3.05, 3.63) is 52.4 Å².